The molecule has 0 amide bonds. The number of halogens is 1. The number of aliphatic hydroxyl groups is 4. The van der Waals surface area contributed by atoms with E-state index in [-0.39, 0.29) is 13.2 Å². The van der Waals surface area contributed by atoms with Gasteiger partial charge in [0.1, 0.15) is 12.2 Å². The summed E-state index contributed by atoms with van der Waals surface area (Å²) < 4.78 is 18.7. The molecule has 7 nitrogen and oxygen atoms in total. The van der Waals surface area contributed by atoms with Crippen molar-refractivity contribution in [1.82, 2.24) is 9.88 Å². The van der Waals surface area contributed by atoms with Crippen LogP contribution >= 0.6 is 0 Å². The molecule has 4 atom stereocenters. The number of rotatable bonds is 10. The van der Waals surface area contributed by atoms with Gasteiger partial charge in [-0.15, -0.1) is 0 Å². The lowest BCUT2D eigenvalue weighted by atomic mass is 9.94. The summed E-state index contributed by atoms with van der Waals surface area (Å²) in [6.07, 6.45) is 0.773. The Balaban J connectivity index is 1.32. The topological polar surface area (TPSA) is 106 Å². The molecule has 0 spiro atoms. The zero-order valence-electron chi connectivity index (χ0n) is 17.5. The number of likely N-dealkylation sites (tertiary alicyclic amines) is 1. The molecule has 4 N–H and O–H groups in total. The Morgan fingerprint density at radius 1 is 0.968 bits per heavy atom. The number of β-amino-alcohol motifs (C(OH)–C–C–N with tert-alkyl or cyclic N) is 1. The smallest absolute Gasteiger partial charge is 0.212 e. The average Bonchev–Trinajstić information content (AvgIpc) is 2.78. The van der Waals surface area contributed by atoms with Gasteiger partial charge >= 0.3 is 0 Å². The van der Waals surface area contributed by atoms with E-state index in [1.54, 1.807) is 6.07 Å². The van der Waals surface area contributed by atoms with Crippen LogP contribution in [0.2, 0.25) is 0 Å². The first-order valence-corrected chi connectivity index (χ1v) is 10.7. The quantitative estimate of drug-likeness (QED) is 0.330. The highest BCUT2D eigenvalue weighted by Gasteiger charge is 2.40. The number of hydrogen-bond donors (Lipinski definition) is 4. The molecule has 1 saturated heterocycles. The van der Waals surface area contributed by atoms with Gasteiger partial charge < -0.3 is 25.2 Å². The van der Waals surface area contributed by atoms with Gasteiger partial charge in [0.15, 0.2) is 0 Å². The van der Waals surface area contributed by atoms with E-state index in [0.717, 1.165) is 36.0 Å². The number of aliphatic hydroxyl groups excluding tert-OH is 4. The minimum Gasteiger partial charge on any atom is -0.395 e. The Labute approximate surface area is 181 Å². The van der Waals surface area contributed by atoms with Crippen molar-refractivity contribution in [3.05, 3.63) is 54.1 Å². The molecule has 170 valence electrons. The van der Waals surface area contributed by atoms with Crippen LogP contribution in [0.4, 0.5) is 4.39 Å². The molecule has 0 aliphatic carbocycles. The summed E-state index contributed by atoms with van der Waals surface area (Å²) >= 11 is 0. The predicted octanol–water partition coefficient (Wildman–Crippen LogP) is 1.33. The van der Waals surface area contributed by atoms with Gasteiger partial charge in [0, 0.05) is 24.9 Å². The van der Waals surface area contributed by atoms with Crippen molar-refractivity contribution in [2.45, 2.75) is 50.2 Å². The summed E-state index contributed by atoms with van der Waals surface area (Å²) in [4.78, 5) is 5.50. The Hall–Kier alpha value is -1.94. The van der Waals surface area contributed by atoms with Crippen molar-refractivity contribution >= 4 is 0 Å². The zero-order chi connectivity index (χ0) is 22.2. The van der Waals surface area contributed by atoms with Crippen molar-refractivity contribution in [1.29, 1.82) is 0 Å². The van der Waals surface area contributed by atoms with Crippen LogP contribution in [0.3, 0.4) is 0 Å². The molecule has 1 fully saturated rings. The summed E-state index contributed by atoms with van der Waals surface area (Å²) in [5.41, 5.74) is 2.89. The maximum Gasteiger partial charge on any atom is 0.212 e. The van der Waals surface area contributed by atoms with Gasteiger partial charge in [-0.2, -0.15) is 4.39 Å². The third-order valence-electron chi connectivity index (χ3n) is 5.73. The first kappa shape index (κ1) is 23.7. The SMILES string of the molecule is OC[C@@H]1[C@@H](O)[C@H](O)[C@@H](O)CN1CCCCCOCc1ccc(-c2ccc(F)nc2)cc1. The third kappa shape index (κ3) is 6.52. The highest BCUT2D eigenvalue weighted by atomic mass is 19.1. The van der Waals surface area contributed by atoms with Crippen LogP contribution < -0.4 is 0 Å². The fourth-order valence-corrected chi connectivity index (χ4v) is 3.86. The van der Waals surface area contributed by atoms with Gasteiger partial charge in [-0.3, -0.25) is 4.90 Å². The van der Waals surface area contributed by atoms with Crippen LogP contribution in [0, 0.1) is 5.95 Å². The van der Waals surface area contributed by atoms with Crippen molar-refractivity contribution in [3.8, 4) is 11.1 Å². The van der Waals surface area contributed by atoms with Crippen LogP contribution in [-0.4, -0.2) is 81.0 Å². The Bertz CT molecular complexity index is 790. The number of benzene rings is 1. The summed E-state index contributed by atoms with van der Waals surface area (Å²) in [6, 6.07) is 10.4. The van der Waals surface area contributed by atoms with Gasteiger partial charge in [-0.05, 0) is 49.1 Å². The molecule has 0 saturated carbocycles. The van der Waals surface area contributed by atoms with E-state index in [1.165, 1.54) is 12.3 Å². The number of pyridine rings is 1. The molecule has 0 radical (unpaired) electrons. The average molecular weight is 435 g/mol. The lowest BCUT2D eigenvalue weighted by Gasteiger charge is -2.43. The number of hydrogen-bond acceptors (Lipinski definition) is 7. The fourth-order valence-electron chi connectivity index (χ4n) is 3.86. The number of aromatic nitrogens is 1. The van der Waals surface area contributed by atoms with E-state index < -0.39 is 30.3 Å². The molecule has 0 unspecified atom stereocenters. The van der Waals surface area contributed by atoms with Gasteiger partial charge in [0.2, 0.25) is 5.95 Å². The molecular weight excluding hydrogens is 403 g/mol. The minimum absolute atomic E-state index is 0.240. The maximum absolute atomic E-state index is 12.9. The first-order chi connectivity index (χ1) is 15.0. The van der Waals surface area contributed by atoms with Gasteiger partial charge in [0.05, 0.1) is 25.4 Å². The monoisotopic (exact) mass is 434 g/mol. The van der Waals surface area contributed by atoms with Gasteiger partial charge in [-0.25, -0.2) is 4.98 Å². The molecule has 1 aliphatic rings. The van der Waals surface area contributed by atoms with E-state index in [9.17, 15) is 24.8 Å². The van der Waals surface area contributed by atoms with Crippen LogP contribution in [0.25, 0.3) is 11.1 Å². The number of ether oxygens (including phenoxy) is 1. The Morgan fingerprint density at radius 2 is 1.71 bits per heavy atom. The summed E-state index contributed by atoms with van der Waals surface area (Å²) in [5.74, 6) is -0.494. The van der Waals surface area contributed by atoms with Crippen molar-refractivity contribution in [2.24, 2.45) is 0 Å². The largest absolute Gasteiger partial charge is 0.395 e. The van der Waals surface area contributed by atoms with E-state index in [0.29, 0.717) is 19.8 Å². The number of unbranched alkanes of at least 4 members (excludes halogenated alkanes) is 2. The lowest BCUT2D eigenvalue weighted by molar-refractivity contribution is -0.145. The lowest BCUT2D eigenvalue weighted by Crippen LogP contribution is -2.62. The fraction of sp³-hybridized carbons (Fsp3) is 0.522. The summed E-state index contributed by atoms with van der Waals surface area (Å²) in [6.45, 7) is 1.74. The normalized spacial score (nSPS) is 24.4. The molecular formula is C23H31FN2O5. The van der Waals surface area contributed by atoms with E-state index in [2.05, 4.69) is 4.98 Å². The maximum atomic E-state index is 12.9. The van der Waals surface area contributed by atoms with Gasteiger partial charge in [0.25, 0.3) is 0 Å². The zero-order valence-corrected chi connectivity index (χ0v) is 17.5. The molecule has 8 heteroatoms. The molecule has 2 heterocycles. The van der Waals surface area contributed by atoms with E-state index >= 15 is 0 Å². The summed E-state index contributed by atoms with van der Waals surface area (Å²) in [7, 11) is 0. The third-order valence-corrected chi connectivity index (χ3v) is 5.73. The molecule has 2 aromatic rings. The second-order valence-electron chi connectivity index (χ2n) is 7.97. The number of piperidine rings is 1. The second kappa shape index (κ2) is 11.6. The molecule has 31 heavy (non-hydrogen) atoms. The van der Waals surface area contributed by atoms with E-state index in [4.69, 9.17) is 4.74 Å². The Kier molecular flexibility index (Phi) is 8.89. The Morgan fingerprint density at radius 3 is 2.39 bits per heavy atom. The van der Waals surface area contributed by atoms with Crippen molar-refractivity contribution in [2.75, 3.05) is 26.3 Å². The molecule has 1 aromatic heterocycles. The van der Waals surface area contributed by atoms with Crippen LogP contribution in [0.15, 0.2) is 42.6 Å². The first-order valence-electron chi connectivity index (χ1n) is 10.7. The number of nitrogens with zero attached hydrogens (tertiary/aromatic N) is 2. The molecule has 0 bridgehead atoms. The van der Waals surface area contributed by atoms with Crippen LogP contribution in [0.5, 0.6) is 0 Å². The van der Waals surface area contributed by atoms with Crippen molar-refractivity contribution in [3.63, 3.8) is 0 Å². The van der Waals surface area contributed by atoms with Crippen LogP contribution in [0.1, 0.15) is 24.8 Å². The standard InChI is InChI=1S/C23H31FN2O5/c24-21-9-8-18(12-25-21)17-6-4-16(5-7-17)15-31-11-3-1-2-10-26-13-20(28)23(30)22(29)19(26)14-27/h4-9,12,19-20,22-23,27-30H,1-3,10-11,13-15H2/t19-,20+,22-,23-/m1/s1. The molecule has 1 aliphatic heterocycles. The summed E-state index contributed by atoms with van der Waals surface area (Å²) in [5, 5.41) is 39.1. The van der Waals surface area contributed by atoms with Crippen LogP contribution in [-0.2, 0) is 11.3 Å². The van der Waals surface area contributed by atoms with Crippen molar-refractivity contribution < 1.29 is 29.6 Å². The van der Waals surface area contributed by atoms with E-state index in [1.807, 2.05) is 29.2 Å². The highest BCUT2D eigenvalue weighted by Crippen LogP contribution is 2.20. The minimum atomic E-state index is -1.22. The van der Waals surface area contributed by atoms with Gasteiger partial charge in [-0.1, -0.05) is 24.3 Å². The highest BCUT2D eigenvalue weighted by molar-refractivity contribution is 5.62. The second-order valence-corrected chi connectivity index (χ2v) is 7.97. The molecule has 3 rings (SSSR count). The molecule has 1 aromatic carbocycles. The predicted molar refractivity (Wildman–Crippen MR) is 114 cm³/mol.